The summed E-state index contributed by atoms with van der Waals surface area (Å²) in [6.45, 7) is 2.08. The van der Waals surface area contributed by atoms with Gasteiger partial charge in [0.15, 0.2) is 5.82 Å². The highest BCUT2D eigenvalue weighted by molar-refractivity contribution is 7.13. The van der Waals surface area contributed by atoms with Crippen molar-refractivity contribution in [3.05, 3.63) is 41.0 Å². The number of rotatable bonds is 3. The minimum atomic E-state index is -0.406. The van der Waals surface area contributed by atoms with Crippen LogP contribution in [0, 0.1) is 6.92 Å². The van der Waals surface area contributed by atoms with Gasteiger partial charge >= 0.3 is 0 Å². The zero-order valence-electron chi connectivity index (χ0n) is 12.7. The molecule has 0 spiro atoms. The molecule has 1 saturated carbocycles. The van der Waals surface area contributed by atoms with Gasteiger partial charge in [0.05, 0.1) is 5.54 Å². The number of aryl methyl sites for hydroxylation is 1. The Bertz CT molecular complexity index is 825. The van der Waals surface area contributed by atoms with E-state index in [1.807, 2.05) is 17.5 Å². The molecule has 0 atom stereocenters. The molecule has 5 nitrogen and oxygen atoms in total. The average Bonchev–Trinajstić information content (AvgIpc) is 3.14. The molecule has 0 radical (unpaired) electrons. The van der Waals surface area contributed by atoms with E-state index in [-0.39, 0.29) is 12.4 Å². The van der Waals surface area contributed by atoms with Gasteiger partial charge in [0.2, 0.25) is 0 Å². The van der Waals surface area contributed by atoms with Crippen molar-refractivity contribution in [1.82, 2.24) is 15.1 Å². The summed E-state index contributed by atoms with van der Waals surface area (Å²) < 4.78 is 5.36. The third-order valence-electron chi connectivity index (χ3n) is 4.22. The van der Waals surface area contributed by atoms with E-state index in [4.69, 9.17) is 10.3 Å². The molecular formula is C16H17ClN4OS. The van der Waals surface area contributed by atoms with E-state index in [0.717, 1.165) is 29.8 Å². The molecule has 1 aliphatic rings. The lowest BCUT2D eigenvalue weighted by atomic mass is 9.77. The predicted octanol–water partition coefficient (Wildman–Crippen LogP) is 3.93. The molecule has 2 N–H and O–H groups in total. The molecule has 4 rings (SSSR count). The largest absolute Gasteiger partial charge is 0.332 e. The van der Waals surface area contributed by atoms with Gasteiger partial charge in [-0.25, -0.2) is 4.98 Å². The van der Waals surface area contributed by atoms with Gasteiger partial charge in [-0.3, -0.25) is 0 Å². The van der Waals surface area contributed by atoms with Crippen LogP contribution in [0.5, 0.6) is 0 Å². The first-order valence-electron chi connectivity index (χ1n) is 7.31. The lowest BCUT2D eigenvalue weighted by Crippen LogP contribution is -2.44. The normalized spacial score (nSPS) is 15.7. The van der Waals surface area contributed by atoms with Gasteiger partial charge in [-0.1, -0.05) is 29.4 Å². The smallest absolute Gasteiger partial charge is 0.277 e. The van der Waals surface area contributed by atoms with Crippen LogP contribution in [0.3, 0.4) is 0 Å². The van der Waals surface area contributed by atoms with Gasteiger partial charge in [-0.15, -0.1) is 23.7 Å². The van der Waals surface area contributed by atoms with E-state index in [0.29, 0.717) is 17.4 Å². The van der Waals surface area contributed by atoms with Crippen molar-refractivity contribution < 1.29 is 4.52 Å². The zero-order chi connectivity index (χ0) is 15.2. The summed E-state index contributed by atoms with van der Waals surface area (Å²) in [5, 5.41) is 6.94. The van der Waals surface area contributed by atoms with Gasteiger partial charge in [-0.2, -0.15) is 4.98 Å². The summed E-state index contributed by atoms with van der Waals surface area (Å²) in [6, 6.07) is 8.19. The fourth-order valence-electron chi connectivity index (χ4n) is 2.62. The van der Waals surface area contributed by atoms with Crippen molar-refractivity contribution in [2.24, 2.45) is 5.73 Å². The standard InChI is InChI=1S/C16H16N4OS.ClH/c1-10-5-2-3-6-11(10)14-18-12(9-22-14)13-19-15(20-21-13)16(17)7-4-8-16;/h2-3,5-6,9H,4,7-8,17H2,1H3;1H. The van der Waals surface area contributed by atoms with Crippen molar-refractivity contribution in [3.8, 4) is 22.2 Å². The number of hydrogen-bond acceptors (Lipinski definition) is 6. The number of thiazole rings is 1. The van der Waals surface area contributed by atoms with E-state index >= 15 is 0 Å². The highest BCUT2D eigenvalue weighted by Crippen LogP contribution is 2.38. The second-order valence-electron chi connectivity index (χ2n) is 5.79. The zero-order valence-corrected chi connectivity index (χ0v) is 14.3. The van der Waals surface area contributed by atoms with Crippen LogP contribution in [-0.2, 0) is 5.54 Å². The summed E-state index contributed by atoms with van der Waals surface area (Å²) in [6.07, 6.45) is 2.95. The predicted molar refractivity (Wildman–Crippen MR) is 92.5 cm³/mol. The lowest BCUT2D eigenvalue weighted by molar-refractivity contribution is 0.229. The van der Waals surface area contributed by atoms with E-state index in [2.05, 4.69) is 34.2 Å². The van der Waals surface area contributed by atoms with Crippen molar-refractivity contribution in [2.45, 2.75) is 31.7 Å². The van der Waals surface area contributed by atoms with Gasteiger partial charge in [-0.05, 0) is 31.7 Å². The molecule has 0 saturated heterocycles. The van der Waals surface area contributed by atoms with E-state index < -0.39 is 5.54 Å². The van der Waals surface area contributed by atoms with Crippen molar-refractivity contribution >= 4 is 23.7 Å². The Morgan fingerprint density at radius 3 is 2.70 bits per heavy atom. The molecule has 0 aliphatic heterocycles. The average molecular weight is 349 g/mol. The van der Waals surface area contributed by atoms with E-state index in [9.17, 15) is 0 Å². The maximum atomic E-state index is 6.23. The summed E-state index contributed by atoms with van der Waals surface area (Å²) in [5.41, 5.74) is 8.87. The molecule has 0 unspecified atom stereocenters. The van der Waals surface area contributed by atoms with Gasteiger partial charge in [0, 0.05) is 10.9 Å². The van der Waals surface area contributed by atoms with Crippen LogP contribution in [0.4, 0.5) is 0 Å². The first kappa shape index (κ1) is 16.1. The van der Waals surface area contributed by atoms with Gasteiger partial charge in [0.25, 0.3) is 5.89 Å². The van der Waals surface area contributed by atoms with Crippen LogP contribution in [0.25, 0.3) is 22.2 Å². The Morgan fingerprint density at radius 2 is 2.00 bits per heavy atom. The van der Waals surface area contributed by atoms with Gasteiger partial charge < -0.3 is 10.3 Å². The molecule has 1 aliphatic carbocycles. The molecule has 2 aromatic heterocycles. The van der Waals surface area contributed by atoms with Crippen molar-refractivity contribution in [3.63, 3.8) is 0 Å². The Balaban J connectivity index is 0.00000156. The monoisotopic (exact) mass is 348 g/mol. The number of halogens is 1. The first-order valence-corrected chi connectivity index (χ1v) is 8.19. The van der Waals surface area contributed by atoms with Crippen LogP contribution in [0.15, 0.2) is 34.2 Å². The van der Waals surface area contributed by atoms with Crippen LogP contribution < -0.4 is 5.73 Å². The Hall–Kier alpha value is -1.76. The minimum absolute atomic E-state index is 0. The topological polar surface area (TPSA) is 77.8 Å². The van der Waals surface area contributed by atoms with Gasteiger partial charge in [0.1, 0.15) is 10.7 Å². The lowest BCUT2D eigenvalue weighted by Gasteiger charge is -2.34. The van der Waals surface area contributed by atoms with Crippen LogP contribution in [0.1, 0.15) is 30.7 Å². The Morgan fingerprint density at radius 1 is 1.22 bits per heavy atom. The van der Waals surface area contributed by atoms with Crippen LogP contribution in [-0.4, -0.2) is 15.1 Å². The highest BCUT2D eigenvalue weighted by atomic mass is 35.5. The molecular weight excluding hydrogens is 332 g/mol. The molecule has 3 aromatic rings. The number of benzene rings is 1. The molecule has 1 aromatic carbocycles. The van der Waals surface area contributed by atoms with Crippen LogP contribution >= 0.6 is 23.7 Å². The van der Waals surface area contributed by atoms with E-state index in [1.54, 1.807) is 11.3 Å². The highest BCUT2D eigenvalue weighted by Gasteiger charge is 2.39. The molecule has 23 heavy (non-hydrogen) atoms. The van der Waals surface area contributed by atoms with Crippen molar-refractivity contribution in [1.29, 1.82) is 0 Å². The Labute approximate surface area is 144 Å². The summed E-state index contributed by atoms with van der Waals surface area (Å²) in [5.74, 6) is 1.04. The fraction of sp³-hybridized carbons (Fsp3) is 0.312. The molecule has 2 heterocycles. The molecule has 0 amide bonds. The van der Waals surface area contributed by atoms with Crippen LogP contribution in [0.2, 0.25) is 0 Å². The minimum Gasteiger partial charge on any atom is -0.332 e. The molecule has 0 bridgehead atoms. The second kappa shape index (κ2) is 6.03. The van der Waals surface area contributed by atoms with Crippen molar-refractivity contribution in [2.75, 3.05) is 0 Å². The number of nitrogens with two attached hydrogens (primary N) is 1. The SMILES string of the molecule is Cc1ccccc1-c1nc(-c2nc(C3(N)CCC3)no2)cs1.Cl. The number of nitrogens with zero attached hydrogens (tertiary/aromatic N) is 3. The number of aromatic nitrogens is 3. The summed E-state index contributed by atoms with van der Waals surface area (Å²) in [4.78, 5) is 9.08. The molecule has 120 valence electrons. The third-order valence-corrected chi connectivity index (χ3v) is 5.09. The maximum absolute atomic E-state index is 6.23. The summed E-state index contributed by atoms with van der Waals surface area (Å²) >= 11 is 1.58. The first-order chi connectivity index (χ1) is 10.7. The molecule has 1 fully saturated rings. The fourth-order valence-corrected chi connectivity index (χ4v) is 3.50. The Kier molecular flexibility index (Phi) is 4.23. The van der Waals surface area contributed by atoms with E-state index in [1.165, 1.54) is 5.56 Å². The number of hydrogen-bond donors (Lipinski definition) is 1. The second-order valence-corrected chi connectivity index (χ2v) is 6.64. The maximum Gasteiger partial charge on any atom is 0.277 e. The third kappa shape index (κ3) is 2.78. The quantitative estimate of drug-likeness (QED) is 0.775. The molecule has 7 heteroatoms. The summed E-state index contributed by atoms with van der Waals surface area (Å²) in [7, 11) is 0.